The van der Waals surface area contributed by atoms with Gasteiger partial charge >= 0.3 is 5.97 Å². The van der Waals surface area contributed by atoms with Crippen LogP contribution in [0.3, 0.4) is 0 Å². The Kier molecular flexibility index (Phi) is 5.01. The van der Waals surface area contributed by atoms with Crippen molar-refractivity contribution in [2.75, 3.05) is 19.7 Å². The first-order chi connectivity index (χ1) is 9.60. The van der Waals surface area contributed by atoms with Gasteiger partial charge in [-0.05, 0) is 30.0 Å². The molecule has 0 spiro atoms. The molecule has 1 fully saturated rings. The van der Waals surface area contributed by atoms with Crippen molar-refractivity contribution in [3.05, 3.63) is 29.8 Å². The number of hydrogen-bond donors (Lipinski definition) is 1. The molecule has 1 aliphatic heterocycles. The van der Waals surface area contributed by atoms with Crippen LogP contribution in [-0.4, -0.2) is 35.7 Å². The summed E-state index contributed by atoms with van der Waals surface area (Å²) in [5.41, 5.74) is 1.25. The Morgan fingerprint density at radius 2 is 2.05 bits per heavy atom. The minimum absolute atomic E-state index is 0.240. The monoisotopic (exact) mass is 277 g/mol. The highest BCUT2D eigenvalue weighted by Gasteiger charge is 2.34. The zero-order chi connectivity index (χ0) is 14.5. The van der Waals surface area contributed by atoms with E-state index in [9.17, 15) is 4.79 Å². The van der Waals surface area contributed by atoms with E-state index in [0.29, 0.717) is 5.92 Å². The third kappa shape index (κ3) is 3.73. The van der Waals surface area contributed by atoms with Gasteiger partial charge in [0, 0.05) is 19.6 Å². The average Bonchev–Trinajstić information content (AvgIpc) is 2.40. The molecule has 0 amide bonds. The molecule has 0 saturated carbocycles. The molecule has 1 atom stereocenters. The molecule has 110 valence electrons. The first-order valence-corrected chi connectivity index (χ1v) is 7.27. The van der Waals surface area contributed by atoms with E-state index in [0.717, 1.165) is 38.4 Å². The van der Waals surface area contributed by atoms with E-state index in [2.05, 4.69) is 24.0 Å². The van der Waals surface area contributed by atoms with Crippen LogP contribution in [-0.2, 0) is 11.3 Å². The highest BCUT2D eigenvalue weighted by molar-refractivity contribution is 5.70. The van der Waals surface area contributed by atoms with Crippen molar-refractivity contribution in [1.29, 1.82) is 0 Å². The molecule has 0 bridgehead atoms. The van der Waals surface area contributed by atoms with Gasteiger partial charge < -0.3 is 9.84 Å². The van der Waals surface area contributed by atoms with Gasteiger partial charge in [-0.25, -0.2) is 0 Å². The number of nitrogens with zero attached hydrogens (tertiary/aromatic N) is 1. The highest BCUT2D eigenvalue weighted by Crippen LogP contribution is 2.26. The van der Waals surface area contributed by atoms with E-state index < -0.39 is 5.97 Å². The maximum atomic E-state index is 10.9. The van der Waals surface area contributed by atoms with Gasteiger partial charge in [-0.2, -0.15) is 0 Å². The Hall–Kier alpha value is -1.55. The lowest BCUT2D eigenvalue weighted by molar-refractivity contribution is -0.145. The summed E-state index contributed by atoms with van der Waals surface area (Å²) >= 11 is 0. The molecular formula is C16H23NO3. The van der Waals surface area contributed by atoms with Gasteiger partial charge in [0.25, 0.3) is 0 Å². The average molecular weight is 277 g/mol. The Bertz CT molecular complexity index is 438. The van der Waals surface area contributed by atoms with Crippen molar-refractivity contribution in [1.82, 2.24) is 4.90 Å². The first kappa shape index (κ1) is 14.9. The Balaban J connectivity index is 1.77. The van der Waals surface area contributed by atoms with E-state index in [-0.39, 0.29) is 5.92 Å². The summed E-state index contributed by atoms with van der Waals surface area (Å²) in [4.78, 5) is 13.2. The first-order valence-electron chi connectivity index (χ1n) is 7.27. The van der Waals surface area contributed by atoms with Crippen LogP contribution in [0.15, 0.2) is 24.3 Å². The molecule has 1 N–H and O–H groups in total. The van der Waals surface area contributed by atoms with Crippen LogP contribution in [0, 0.1) is 11.8 Å². The molecule has 1 aromatic carbocycles. The lowest BCUT2D eigenvalue weighted by atomic mass is 9.87. The molecular weight excluding hydrogens is 254 g/mol. The van der Waals surface area contributed by atoms with Gasteiger partial charge in [0.2, 0.25) is 0 Å². The standard InChI is InChI=1S/C16H23NO3/c1-3-8-20-15-6-4-13(5-7-15)9-17-10-14(11-17)12(2)16(18)19/h4-7,12,14H,3,8-11H2,1-2H3,(H,18,19). The second-order valence-electron chi connectivity index (χ2n) is 5.57. The molecule has 1 unspecified atom stereocenters. The molecule has 1 aromatic rings. The molecule has 1 aliphatic rings. The number of aliphatic carboxylic acids is 1. The maximum Gasteiger partial charge on any atom is 0.306 e. The van der Waals surface area contributed by atoms with Crippen LogP contribution >= 0.6 is 0 Å². The second-order valence-corrected chi connectivity index (χ2v) is 5.57. The molecule has 2 rings (SSSR count). The van der Waals surface area contributed by atoms with Crippen molar-refractivity contribution in [3.63, 3.8) is 0 Å². The van der Waals surface area contributed by atoms with Crippen molar-refractivity contribution >= 4 is 5.97 Å². The molecule has 0 aromatic heterocycles. The van der Waals surface area contributed by atoms with E-state index in [1.165, 1.54) is 5.56 Å². The van der Waals surface area contributed by atoms with Gasteiger partial charge in [-0.1, -0.05) is 26.0 Å². The number of likely N-dealkylation sites (tertiary alicyclic amines) is 1. The number of carboxylic acid groups (broad SMARTS) is 1. The lowest BCUT2D eigenvalue weighted by Gasteiger charge is -2.41. The van der Waals surface area contributed by atoms with Gasteiger partial charge in [0.15, 0.2) is 0 Å². The number of benzene rings is 1. The van der Waals surface area contributed by atoms with Crippen LogP contribution in [0.1, 0.15) is 25.8 Å². The number of hydrogen-bond acceptors (Lipinski definition) is 3. The predicted molar refractivity (Wildman–Crippen MR) is 77.8 cm³/mol. The summed E-state index contributed by atoms with van der Waals surface area (Å²) in [6, 6.07) is 8.17. The van der Waals surface area contributed by atoms with Gasteiger partial charge in [-0.3, -0.25) is 9.69 Å². The largest absolute Gasteiger partial charge is 0.494 e. The number of carbonyl (C=O) groups is 1. The fourth-order valence-electron chi connectivity index (χ4n) is 2.43. The Morgan fingerprint density at radius 1 is 1.40 bits per heavy atom. The SMILES string of the molecule is CCCOc1ccc(CN2CC(C(C)C(=O)O)C2)cc1. The van der Waals surface area contributed by atoms with Crippen LogP contribution in [0.5, 0.6) is 5.75 Å². The molecule has 20 heavy (non-hydrogen) atoms. The fraction of sp³-hybridized carbons (Fsp3) is 0.562. The van der Waals surface area contributed by atoms with Crippen molar-refractivity contribution in [2.45, 2.75) is 26.8 Å². The van der Waals surface area contributed by atoms with E-state index in [4.69, 9.17) is 9.84 Å². The molecule has 1 saturated heterocycles. The summed E-state index contributed by atoms with van der Waals surface area (Å²) in [7, 11) is 0. The molecule has 0 aliphatic carbocycles. The molecule has 4 nitrogen and oxygen atoms in total. The molecule has 4 heteroatoms. The number of carboxylic acids is 1. The zero-order valence-electron chi connectivity index (χ0n) is 12.2. The summed E-state index contributed by atoms with van der Waals surface area (Å²) in [6.45, 7) is 7.28. The van der Waals surface area contributed by atoms with Crippen LogP contribution in [0.2, 0.25) is 0 Å². The lowest BCUT2D eigenvalue weighted by Crippen LogP contribution is -2.50. The fourth-order valence-corrected chi connectivity index (χ4v) is 2.43. The van der Waals surface area contributed by atoms with E-state index >= 15 is 0 Å². The Labute approximate surface area is 120 Å². The smallest absolute Gasteiger partial charge is 0.306 e. The number of rotatable bonds is 7. The van der Waals surface area contributed by atoms with Gasteiger partial charge in [0.05, 0.1) is 12.5 Å². The summed E-state index contributed by atoms with van der Waals surface area (Å²) in [5.74, 6) is 0.277. The minimum atomic E-state index is -0.688. The minimum Gasteiger partial charge on any atom is -0.494 e. The van der Waals surface area contributed by atoms with Crippen molar-refractivity contribution in [3.8, 4) is 5.75 Å². The summed E-state index contributed by atoms with van der Waals surface area (Å²) in [6.07, 6.45) is 1.01. The molecule has 1 heterocycles. The third-order valence-electron chi connectivity index (χ3n) is 3.88. The second kappa shape index (κ2) is 6.75. The highest BCUT2D eigenvalue weighted by atomic mass is 16.5. The van der Waals surface area contributed by atoms with Crippen molar-refractivity contribution in [2.24, 2.45) is 11.8 Å². The third-order valence-corrected chi connectivity index (χ3v) is 3.88. The molecule has 0 radical (unpaired) electrons. The quantitative estimate of drug-likeness (QED) is 0.832. The summed E-state index contributed by atoms with van der Waals surface area (Å²) < 4.78 is 5.55. The van der Waals surface area contributed by atoms with Crippen LogP contribution in [0.25, 0.3) is 0 Å². The van der Waals surface area contributed by atoms with Crippen LogP contribution in [0.4, 0.5) is 0 Å². The summed E-state index contributed by atoms with van der Waals surface area (Å²) in [5, 5.41) is 8.96. The predicted octanol–water partition coefficient (Wildman–Crippen LogP) is 2.63. The van der Waals surface area contributed by atoms with Crippen LogP contribution < -0.4 is 4.74 Å². The maximum absolute atomic E-state index is 10.9. The number of ether oxygens (including phenoxy) is 1. The normalized spacial score (nSPS) is 17.5. The van der Waals surface area contributed by atoms with E-state index in [1.54, 1.807) is 6.92 Å². The Morgan fingerprint density at radius 3 is 2.60 bits per heavy atom. The topological polar surface area (TPSA) is 49.8 Å². The zero-order valence-corrected chi connectivity index (χ0v) is 12.2. The van der Waals surface area contributed by atoms with Crippen molar-refractivity contribution < 1.29 is 14.6 Å². The van der Waals surface area contributed by atoms with E-state index in [1.807, 2.05) is 12.1 Å². The van der Waals surface area contributed by atoms with Gasteiger partial charge in [0.1, 0.15) is 5.75 Å². The van der Waals surface area contributed by atoms with Gasteiger partial charge in [-0.15, -0.1) is 0 Å².